The fourth-order valence-electron chi connectivity index (χ4n) is 4.94. The maximum absolute atomic E-state index is 9.92. The quantitative estimate of drug-likeness (QED) is 0.420. The van der Waals surface area contributed by atoms with Crippen LogP contribution in [0.1, 0.15) is 44.3 Å². The molecule has 0 radical (unpaired) electrons. The summed E-state index contributed by atoms with van der Waals surface area (Å²) in [7, 11) is 0. The molecule has 2 aromatic heterocycles. The van der Waals surface area contributed by atoms with E-state index in [-0.39, 0.29) is 5.60 Å². The van der Waals surface area contributed by atoms with Crippen LogP contribution in [-0.4, -0.2) is 49.8 Å². The Morgan fingerprint density at radius 1 is 1.00 bits per heavy atom. The van der Waals surface area contributed by atoms with E-state index in [0.29, 0.717) is 0 Å². The van der Waals surface area contributed by atoms with Crippen LogP contribution in [0.3, 0.4) is 0 Å². The van der Waals surface area contributed by atoms with Gasteiger partial charge in [-0.25, -0.2) is 9.50 Å². The van der Waals surface area contributed by atoms with Gasteiger partial charge in [-0.1, -0.05) is 30.3 Å². The molecule has 1 N–H and O–H groups in total. The van der Waals surface area contributed by atoms with E-state index >= 15 is 0 Å². The molecule has 1 aliphatic heterocycles. The molecule has 2 aromatic carbocycles. The zero-order valence-electron chi connectivity index (χ0n) is 19.5. The van der Waals surface area contributed by atoms with Crippen molar-refractivity contribution in [2.45, 2.75) is 44.3 Å². The fraction of sp³-hybridized carbons (Fsp3) is 0.357. The summed E-state index contributed by atoms with van der Waals surface area (Å²) in [6.07, 6.45) is 10.1. The summed E-state index contributed by atoms with van der Waals surface area (Å²) in [5.41, 5.74) is 5.73. The Hall–Kier alpha value is -3.22. The summed E-state index contributed by atoms with van der Waals surface area (Å²) in [5.74, 6) is 0.939. The number of nitrogens with zero attached hydrogens (tertiary/aromatic N) is 4. The molecule has 174 valence electrons. The molecule has 6 nitrogen and oxygen atoms in total. The van der Waals surface area contributed by atoms with Gasteiger partial charge in [0.25, 0.3) is 0 Å². The number of aromatic nitrogens is 3. The third kappa shape index (κ3) is 4.19. The number of aliphatic hydroxyl groups is 1. The van der Waals surface area contributed by atoms with Crippen molar-refractivity contribution in [2.75, 3.05) is 19.6 Å². The van der Waals surface area contributed by atoms with Crippen molar-refractivity contribution in [2.24, 2.45) is 0 Å². The summed E-state index contributed by atoms with van der Waals surface area (Å²) in [6.45, 7) is 5.24. The molecule has 1 saturated heterocycles. The van der Waals surface area contributed by atoms with Crippen LogP contribution < -0.4 is 4.74 Å². The highest BCUT2D eigenvalue weighted by Crippen LogP contribution is 2.42. The van der Waals surface area contributed by atoms with Gasteiger partial charge >= 0.3 is 0 Å². The Balaban J connectivity index is 1.20. The second kappa shape index (κ2) is 8.53. The van der Waals surface area contributed by atoms with Crippen molar-refractivity contribution in [3.63, 3.8) is 0 Å². The molecule has 0 unspecified atom stereocenters. The van der Waals surface area contributed by atoms with Crippen LogP contribution in [-0.2, 0) is 0 Å². The number of hydrogen-bond donors (Lipinski definition) is 1. The predicted octanol–water partition coefficient (Wildman–Crippen LogP) is 5.12. The number of fused-ring (bicyclic) bond motifs is 1. The van der Waals surface area contributed by atoms with Gasteiger partial charge in [0.1, 0.15) is 11.4 Å². The van der Waals surface area contributed by atoms with Crippen molar-refractivity contribution in [3.05, 3.63) is 72.7 Å². The first-order valence-corrected chi connectivity index (χ1v) is 12.2. The molecule has 1 aliphatic carbocycles. The SMILES string of the molecule is C[C@H](O)c1cccc(-c2cnn3cc(-c4ccc(OC5(CN6CCCC6)CC5)cc4)cnc23)c1. The third-order valence-corrected chi connectivity index (χ3v) is 7.08. The van der Waals surface area contributed by atoms with Gasteiger partial charge in [-0.15, -0.1) is 0 Å². The average molecular weight is 455 g/mol. The van der Waals surface area contributed by atoms with E-state index in [9.17, 15) is 5.11 Å². The van der Waals surface area contributed by atoms with Gasteiger partial charge in [-0.05, 0) is 80.6 Å². The minimum atomic E-state index is -0.511. The van der Waals surface area contributed by atoms with Gasteiger partial charge in [-0.2, -0.15) is 5.10 Å². The van der Waals surface area contributed by atoms with Gasteiger partial charge in [0.05, 0.1) is 12.3 Å². The molecule has 0 spiro atoms. The van der Waals surface area contributed by atoms with Crippen molar-refractivity contribution in [3.8, 4) is 28.0 Å². The number of rotatable bonds is 7. The second-order valence-corrected chi connectivity index (χ2v) is 9.76. The first kappa shape index (κ1) is 21.3. The normalized spacial score (nSPS) is 18.3. The maximum atomic E-state index is 9.92. The highest BCUT2D eigenvalue weighted by molar-refractivity contribution is 5.78. The molecular formula is C28H30N4O2. The molecule has 34 heavy (non-hydrogen) atoms. The van der Waals surface area contributed by atoms with E-state index in [2.05, 4.69) is 34.3 Å². The van der Waals surface area contributed by atoms with E-state index in [1.165, 1.54) is 25.9 Å². The van der Waals surface area contributed by atoms with Gasteiger partial charge in [0.2, 0.25) is 0 Å². The Kier molecular flexibility index (Phi) is 5.35. The van der Waals surface area contributed by atoms with Crippen molar-refractivity contribution >= 4 is 5.65 Å². The number of hydrogen-bond acceptors (Lipinski definition) is 5. The molecule has 1 atom stereocenters. The smallest absolute Gasteiger partial charge is 0.162 e. The average Bonchev–Trinajstić information content (AvgIpc) is 3.22. The van der Waals surface area contributed by atoms with Gasteiger partial charge in [0.15, 0.2) is 5.65 Å². The topological polar surface area (TPSA) is 62.9 Å². The van der Waals surface area contributed by atoms with E-state index in [1.54, 1.807) is 6.92 Å². The number of aliphatic hydroxyl groups excluding tert-OH is 1. The number of benzene rings is 2. The first-order valence-electron chi connectivity index (χ1n) is 12.2. The van der Waals surface area contributed by atoms with Crippen LogP contribution in [0.4, 0.5) is 0 Å². The van der Waals surface area contributed by atoms with Crippen LogP contribution in [0, 0.1) is 0 Å². The van der Waals surface area contributed by atoms with Crippen LogP contribution in [0.2, 0.25) is 0 Å². The lowest BCUT2D eigenvalue weighted by Gasteiger charge is -2.24. The highest BCUT2D eigenvalue weighted by Gasteiger charge is 2.47. The summed E-state index contributed by atoms with van der Waals surface area (Å²) in [6, 6.07) is 16.2. The largest absolute Gasteiger partial charge is 0.486 e. The standard InChI is InChI=1S/C28H30N4O2/c1-20(33)22-5-4-6-23(15-22)26-17-30-32-18-24(16-29-27(26)32)21-7-9-25(10-8-21)34-28(11-12-28)19-31-13-2-3-14-31/h4-10,15-18,20,33H,2-3,11-14,19H2,1H3/t20-/m0/s1. The van der Waals surface area contributed by atoms with Gasteiger partial charge in [0, 0.05) is 30.1 Å². The number of likely N-dealkylation sites (tertiary alicyclic amines) is 1. The molecular weight excluding hydrogens is 424 g/mol. The molecule has 6 heteroatoms. The summed E-state index contributed by atoms with van der Waals surface area (Å²) in [5, 5.41) is 14.5. The van der Waals surface area contributed by atoms with Crippen LogP contribution in [0.5, 0.6) is 5.75 Å². The first-order chi connectivity index (χ1) is 16.6. The molecule has 4 aromatic rings. The fourth-order valence-corrected chi connectivity index (χ4v) is 4.94. The molecule has 0 amide bonds. The van der Waals surface area contributed by atoms with Gasteiger partial charge < -0.3 is 9.84 Å². The summed E-state index contributed by atoms with van der Waals surface area (Å²) < 4.78 is 8.24. The minimum Gasteiger partial charge on any atom is -0.486 e. The Morgan fingerprint density at radius 3 is 2.53 bits per heavy atom. The van der Waals surface area contributed by atoms with Crippen molar-refractivity contribution in [1.29, 1.82) is 0 Å². The van der Waals surface area contributed by atoms with E-state index < -0.39 is 6.10 Å². The van der Waals surface area contributed by atoms with E-state index in [4.69, 9.17) is 9.72 Å². The van der Waals surface area contributed by atoms with Crippen molar-refractivity contribution < 1.29 is 9.84 Å². The third-order valence-electron chi connectivity index (χ3n) is 7.08. The molecule has 6 rings (SSSR count). The lowest BCUT2D eigenvalue weighted by molar-refractivity contribution is 0.126. The molecule has 1 saturated carbocycles. The molecule has 3 heterocycles. The van der Waals surface area contributed by atoms with E-state index in [1.807, 2.05) is 47.4 Å². The van der Waals surface area contributed by atoms with Crippen LogP contribution in [0.25, 0.3) is 27.9 Å². The van der Waals surface area contributed by atoms with Crippen LogP contribution in [0.15, 0.2) is 67.1 Å². The summed E-state index contributed by atoms with van der Waals surface area (Å²) in [4.78, 5) is 7.26. The Bertz CT molecular complexity index is 1300. The second-order valence-electron chi connectivity index (χ2n) is 9.76. The minimum absolute atomic E-state index is 0.0168. The molecule has 2 aliphatic rings. The monoisotopic (exact) mass is 454 g/mol. The predicted molar refractivity (Wildman–Crippen MR) is 133 cm³/mol. The zero-order chi connectivity index (χ0) is 23.1. The highest BCUT2D eigenvalue weighted by atomic mass is 16.5. The lowest BCUT2D eigenvalue weighted by atomic mass is 10.0. The van der Waals surface area contributed by atoms with E-state index in [0.717, 1.165) is 58.6 Å². The lowest BCUT2D eigenvalue weighted by Crippen LogP contribution is -2.35. The molecule has 2 fully saturated rings. The summed E-state index contributed by atoms with van der Waals surface area (Å²) >= 11 is 0. The Labute approximate surface area is 199 Å². The number of ether oxygens (including phenoxy) is 1. The molecule has 0 bridgehead atoms. The van der Waals surface area contributed by atoms with Gasteiger partial charge in [-0.3, -0.25) is 4.90 Å². The van der Waals surface area contributed by atoms with Crippen LogP contribution >= 0.6 is 0 Å². The van der Waals surface area contributed by atoms with Crippen molar-refractivity contribution in [1.82, 2.24) is 19.5 Å². The zero-order valence-corrected chi connectivity index (χ0v) is 19.5. The maximum Gasteiger partial charge on any atom is 0.162 e. The Morgan fingerprint density at radius 2 is 1.79 bits per heavy atom.